The van der Waals surface area contributed by atoms with Gasteiger partial charge in [-0.1, -0.05) is 36.4 Å². The molecule has 0 spiro atoms. The van der Waals surface area contributed by atoms with Gasteiger partial charge >= 0.3 is 12.0 Å². The van der Waals surface area contributed by atoms with E-state index in [1.54, 1.807) is 24.3 Å². The third-order valence-corrected chi connectivity index (χ3v) is 3.45. The number of benzene rings is 2. The van der Waals surface area contributed by atoms with Crippen molar-refractivity contribution in [3.05, 3.63) is 72.8 Å². The van der Waals surface area contributed by atoms with Gasteiger partial charge in [-0.2, -0.15) is 0 Å². The van der Waals surface area contributed by atoms with Crippen LogP contribution in [-0.4, -0.2) is 37.7 Å². The molecule has 2 aromatic rings. The molecular weight excluding hydrogens is 376 g/mol. The first-order valence-corrected chi connectivity index (χ1v) is 8.80. The van der Waals surface area contributed by atoms with Crippen LogP contribution in [0.15, 0.2) is 67.3 Å². The smallest absolute Gasteiger partial charge is 0.344 e. The zero-order valence-electron chi connectivity index (χ0n) is 15.8. The van der Waals surface area contributed by atoms with E-state index in [0.29, 0.717) is 18.1 Å². The molecule has 152 valence electrons. The van der Waals surface area contributed by atoms with Crippen LogP contribution in [0, 0.1) is 0 Å². The van der Waals surface area contributed by atoms with Crippen LogP contribution in [0.5, 0.6) is 11.5 Å². The van der Waals surface area contributed by atoms with Gasteiger partial charge in [0.15, 0.2) is 13.2 Å². The summed E-state index contributed by atoms with van der Waals surface area (Å²) in [5.74, 6) is -0.381. The molecule has 0 fully saturated rings. The Hall–Kier alpha value is -3.81. The van der Waals surface area contributed by atoms with E-state index in [9.17, 15) is 14.4 Å². The highest BCUT2D eigenvalue weighted by Crippen LogP contribution is 2.18. The number of esters is 1. The van der Waals surface area contributed by atoms with Crippen molar-refractivity contribution in [2.75, 3.05) is 19.8 Å². The van der Waals surface area contributed by atoms with Crippen LogP contribution < -0.4 is 20.1 Å². The van der Waals surface area contributed by atoms with Crippen LogP contribution in [0.3, 0.4) is 0 Å². The van der Waals surface area contributed by atoms with Crippen LogP contribution in [0.1, 0.15) is 5.56 Å². The SMILES string of the molecule is C=CCNC(=O)NC(=O)COC(=O)COc1ccc(OCc2ccccc2)cc1. The molecule has 29 heavy (non-hydrogen) atoms. The Balaban J connectivity index is 1.66. The van der Waals surface area contributed by atoms with Crippen molar-refractivity contribution in [3.63, 3.8) is 0 Å². The molecule has 0 bridgehead atoms. The fourth-order valence-electron chi connectivity index (χ4n) is 2.07. The maximum Gasteiger partial charge on any atom is 0.344 e. The second-order valence-electron chi connectivity index (χ2n) is 5.74. The minimum Gasteiger partial charge on any atom is -0.489 e. The summed E-state index contributed by atoms with van der Waals surface area (Å²) in [6.07, 6.45) is 1.46. The number of hydrogen-bond acceptors (Lipinski definition) is 6. The number of carbonyl (C=O) groups is 3. The molecule has 8 heteroatoms. The van der Waals surface area contributed by atoms with Crippen LogP contribution in [0.4, 0.5) is 4.79 Å². The van der Waals surface area contributed by atoms with E-state index < -0.39 is 24.5 Å². The molecule has 0 radical (unpaired) electrons. The molecular formula is C21H22N2O6. The van der Waals surface area contributed by atoms with Gasteiger partial charge in [-0.25, -0.2) is 9.59 Å². The van der Waals surface area contributed by atoms with Gasteiger partial charge in [-0.15, -0.1) is 6.58 Å². The minimum absolute atomic E-state index is 0.211. The van der Waals surface area contributed by atoms with Crippen molar-refractivity contribution in [1.29, 1.82) is 0 Å². The highest BCUT2D eigenvalue weighted by atomic mass is 16.6. The van der Waals surface area contributed by atoms with Gasteiger partial charge in [-0.3, -0.25) is 10.1 Å². The van der Waals surface area contributed by atoms with Crippen molar-refractivity contribution in [2.24, 2.45) is 0 Å². The molecule has 0 aliphatic heterocycles. The molecule has 0 heterocycles. The Bertz CT molecular complexity index is 821. The third kappa shape index (κ3) is 8.61. The number of urea groups is 1. The summed E-state index contributed by atoms with van der Waals surface area (Å²) in [5, 5.41) is 4.36. The number of nitrogens with one attached hydrogen (secondary N) is 2. The topological polar surface area (TPSA) is 103 Å². The Kier molecular flexibility index (Phi) is 8.75. The van der Waals surface area contributed by atoms with E-state index in [1.165, 1.54) is 6.08 Å². The average Bonchev–Trinajstić information content (AvgIpc) is 2.74. The van der Waals surface area contributed by atoms with Crippen molar-refractivity contribution in [3.8, 4) is 11.5 Å². The Morgan fingerprint density at radius 2 is 1.55 bits per heavy atom. The standard InChI is InChI=1S/C21H22N2O6/c1-2-12-22-21(26)23-19(24)14-29-20(25)15-28-18-10-8-17(9-11-18)27-13-16-6-4-3-5-7-16/h2-11H,1,12-15H2,(H2,22,23,24,26). The lowest BCUT2D eigenvalue weighted by Crippen LogP contribution is -2.41. The van der Waals surface area contributed by atoms with Crippen LogP contribution in [0.2, 0.25) is 0 Å². The number of amides is 3. The van der Waals surface area contributed by atoms with Crippen LogP contribution in [0.25, 0.3) is 0 Å². The van der Waals surface area contributed by atoms with Gasteiger partial charge in [0.2, 0.25) is 0 Å². The molecule has 0 aromatic heterocycles. The summed E-state index contributed by atoms with van der Waals surface area (Å²) in [5.41, 5.74) is 1.05. The van der Waals surface area contributed by atoms with Gasteiger partial charge in [0.1, 0.15) is 18.1 Å². The fourth-order valence-corrected chi connectivity index (χ4v) is 2.07. The van der Waals surface area contributed by atoms with E-state index >= 15 is 0 Å². The van der Waals surface area contributed by atoms with Crippen molar-refractivity contribution < 1.29 is 28.6 Å². The van der Waals surface area contributed by atoms with Crippen LogP contribution >= 0.6 is 0 Å². The Morgan fingerprint density at radius 1 is 0.897 bits per heavy atom. The number of imide groups is 1. The van der Waals surface area contributed by atoms with Crippen molar-refractivity contribution in [2.45, 2.75) is 6.61 Å². The van der Waals surface area contributed by atoms with E-state index in [4.69, 9.17) is 14.2 Å². The van der Waals surface area contributed by atoms with E-state index in [1.807, 2.05) is 35.6 Å². The summed E-state index contributed by atoms with van der Waals surface area (Å²) in [7, 11) is 0. The summed E-state index contributed by atoms with van der Waals surface area (Å²) in [6, 6.07) is 15.8. The zero-order valence-corrected chi connectivity index (χ0v) is 15.8. The largest absolute Gasteiger partial charge is 0.489 e. The highest BCUT2D eigenvalue weighted by Gasteiger charge is 2.11. The number of hydrogen-bond donors (Lipinski definition) is 2. The van der Waals surface area contributed by atoms with Gasteiger partial charge in [0, 0.05) is 6.54 Å². The maximum absolute atomic E-state index is 11.6. The molecule has 0 saturated carbocycles. The molecule has 0 saturated heterocycles. The first kappa shape index (κ1) is 21.5. The van der Waals surface area contributed by atoms with E-state index in [2.05, 4.69) is 11.9 Å². The Labute approximate surface area is 168 Å². The molecule has 2 aromatic carbocycles. The molecule has 8 nitrogen and oxygen atoms in total. The maximum atomic E-state index is 11.6. The van der Waals surface area contributed by atoms with Crippen LogP contribution in [-0.2, 0) is 20.9 Å². The van der Waals surface area contributed by atoms with E-state index in [0.717, 1.165) is 5.56 Å². The summed E-state index contributed by atoms with van der Waals surface area (Å²) >= 11 is 0. The summed E-state index contributed by atoms with van der Waals surface area (Å²) in [6.45, 7) is 3.12. The molecule has 0 aliphatic carbocycles. The molecule has 0 unspecified atom stereocenters. The molecule has 0 aliphatic rings. The van der Waals surface area contributed by atoms with Crippen molar-refractivity contribution >= 4 is 17.9 Å². The lowest BCUT2D eigenvalue weighted by molar-refractivity contribution is -0.150. The first-order chi connectivity index (χ1) is 14.1. The molecule has 0 atom stereocenters. The predicted molar refractivity (Wildman–Crippen MR) is 105 cm³/mol. The number of rotatable bonds is 10. The number of carbonyl (C=O) groups excluding carboxylic acids is 3. The first-order valence-electron chi connectivity index (χ1n) is 8.80. The highest BCUT2D eigenvalue weighted by molar-refractivity contribution is 5.95. The molecule has 3 amide bonds. The minimum atomic E-state index is -0.750. The van der Waals surface area contributed by atoms with Gasteiger partial charge in [-0.05, 0) is 29.8 Å². The van der Waals surface area contributed by atoms with Crippen molar-refractivity contribution in [1.82, 2.24) is 10.6 Å². The average molecular weight is 398 g/mol. The zero-order chi connectivity index (χ0) is 20.9. The molecule has 2 N–H and O–H groups in total. The second-order valence-corrected chi connectivity index (χ2v) is 5.74. The lowest BCUT2D eigenvalue weighted by Gasteiger charge is -2.09. The van der Waals surface area contributed by atoms with E-state index in [-0.39, 0.29) is 13.2 Å². The normalized spacial score (nSPS) is 9.79. The third-order valence-electron chi connectivity index (χ3n) is 3.45. The second kappa shape index (κ2) is 11.8. The number of ether oxygens (including phenoxy) is 3. The summed E-state index contributed by atoms with van der Waals surface area (Å²) in [4.78, 5) is 34.4. The summed E-state index contributed by atoms with van der Waals surface area (Å²) < 4.78 is 15.7. The van der Waals surface area contributed by atoms with Gasteiger partial charge in [0.05, 0.1) is 0 Å². The fraction of sp³-hybridized carbons (Fsp3) is 0.190. The van der Waals surface area contributed by atoms with Gasteiger partial charge < -0.3 is 19.5 Å². The lowest BCUT2D eigenvalue weighted by atomic mass is 10.2. The van der Waals surface area contributed by atoms with Gasteiger partial charge in [0.25, 0.3) is 5.91 Å². The predicted octanol–water partition coefficient (Wildman–Crippen LogP) is 2.20. The quantitative estimate of drug-likeness (QED) is 0.470. The monoisotopic (exact) mass is 398 g/mol. The molecule has 2 rings (SSSR count). The Morgan fingerprint density at radius 3 is 2.21 bits per heavy atom.